The number of aromatic amines is 1. The SMILES string of the molecule is O=c1[nH]c2c(sc3cccnc32)c(=O)n1CCC1NC[C@@H]2CCc3c(ccc4c3OCO4)[C@H]12. The van der Waals surface area contributed by atoms with E-state index in [0.717, 1.165) is 35.6 Å². The number of nitrogens with zero attached hydrogens (tertiary/aromatic N) is 2. The molecule has 7 rings (SSSR count). The zero-order valence-electron chi connectivity index (χ0n) is 17.8. The van der Waals surface area contributed by atoms with E-state index in [0.29, 0.717) is 40.5 Å². The molecule has 168 valence electrons. The van der Waals surface area contributed by atoms with Crippen molar-refractivity contribution >= 4 is 31.8 Å². The normalized spacial score (nSPS) is 23.2. The minimum absolute atomic E-state index is 0.195. The molecule has 33 heavy (non-hydrogen) atoms. The maximum absolute atomic E-state index is 13.2. The molecule has 3 aliphatic rings. The first-order valence-corrected chi connectivity index (χ1v) is 12.2. The fourth-order valence-corrected chi connectivity index (χ4v) is 6.99. The van der Waals surface area contributed by atoms with E-state index >= 15 is 0 Å². The third-order valence-electron chi connectivity index (χ3n) is 7.41. The van der Waals surface area contributed by atoms with E-state index in [9.17, 15) is 9.59 Å². The molecular formula is C24H22N4O4S. The van der Waals surface area contributed by atoms with E-state index < -0.39 is 0 Å². The smallest absolute Gasteiger partial charge is 0.328 e. The van der Waals surface area contributed by atoms with Crippen LogP contribution in [-0.2, 0) is 13.0 Å². The highest BCUT2D eigenvalue weighted by atomic mass is 32.1. The summed E-state index contributed by atoms with van der Waals surface area (Å²) in [5.74, 6) is 2.62. The molecule has 0 radical (unpaired) electrons. The first-order valence-electron chi connectivity index (χ1n) is 11.3. The number of benzene rings is 1. The van der Waals surface area contributed by atoms with Crippen molar-refractivity contribution in [2.75, 3.05) is 13.3 Å². The first kappa shape index (κ1) is 19.3. The molecule has 1 saturated heterocycles. The maximum Gasteiger partial charge on any atom is 0.328 e. The van der Waals surface area contributed by atoms with Crippen LogP contribution in [0.4, 0.5) is 0 Å². The fraction of sp³-hybridized carbons (Fsp3) is 0.375. The first-order chi connectivity index (χ1) is 16.2. The zero-order chi connectivity index (χ0) is 22.1. The van der Waals surface area contributed by atoms with Crippen LogP contribution in [0.15, 0.2) is 40.1 Å². The van der Waals surface area contributed by atoms with Crippen LogP contribution < -0.4 is 26.0 Å². The van der Waals surface area contributed by atoms with E-state index in [1.165, 1.54) is 27.0 Å². The average molecular weight is 463 g/mol. The molecule has 1 aromatic carbocycles. The molecular weight excluding hydrogens is 440 g/mol. The predicted octanol–water partition coefficient (Wildman–Crippen LogP) is 2.74. The highest BCUT2D eigenvalue weighted by Gasteiger charge is 2.41. The number of ether oxygens (including phenoxy) is 2. The molecule has 4 aromatic rings. The Morgan fingerprint density at radius 2 is 2.15 bits per heavy atom. The molecule has 1 fully saturated rings. The minimum Gasteiger partial charge on any atom is -0.454 e. The van der Waals surface area contributed by atoms with Gasteiger partial charge in [-0.25, -0.2) is 4.79 Å². The number of aromatic nitrogens is 3. The summed E-state index contributed by atoms with van der Waals surface area (Å²) in [5, 5.41) is 3.67. The number of rotatable bonds is 3. The Labute approximate surface area is 192 Å². The van der Waals surface area contributed by atoms with Gasteiger partial charge in [-0.2, -0.15) is 0 Å². The standard InChI is InChI=1S/C24H22N4O4S/c29-23-22-20(19-17(33-22)2-1-8-25-19)27-24(30)28(23)9-7-15-18-12(10-26-15)3-4-14-13(18)5-6-16-21(14)32-11-31-16/h1-2,5-6,8,12,15,18,26H,3-4,7,9-11H2,(H,27,30)/t12-,15?,18+/m0/s1. The number of pyridine rings is 1. The molecule has 3 atom stereocenters. The van der Waals surface area contributed by atoms with Gasteiger partial charge in [-0.3, -0.25) is 14.3 Å². The second kappa shape index (κ2) is 7.16. The number of hydrogen-bond donors (Lipinski definition) is 2. The van der Waals surface area contributed by atoms with Crippen molar-refractivity contribution in [2.45, 2.75) is 37.8 Å². The molecule has 0 spiro atoms. The molecule has 2 aliphatic heterocycles. The van der Waals surface area contributed by atoms with Crippen molar-refractivity contribution in [3.8, 4) is 11.5 Å². The Bertz CT molecular complexity index is 1540. The monoisotopic (exact) mass is 462 g/mol. The van der Waals surface area contributed by atoms with Crippen molar-refractivity contribution in [2.24, 2.45) is 5.92 Å². The molecule has 9 heteroatoms. The van der Waals surface area contributed by atoms with Gasteiger partial charge in [-0.15, -0.1) is 11.3 Å². The van der Waals surface area contributed by atoms with Crippen LogP contribution in [0, 0.1) is 5.92 Å². The third kappa shape index (κ3) is 2.82. The van der Waals surface area contributed by atoms with Gasteiger partial charge in [0.15, 0.2) is 11.5 Å². The lowest BCUT2D eigenvalue weighted by molar-refractivity contribution is 0.173. The molecule has 8 nitrogen and oxygen atoms in total. The van der Waals surface area contributed by atoms with Crippen molar-refractivity contribution in [1.29, 1.82) is 0 Å². The van der Waals surface area contributed by atoms with E-state index in [1.54, 1.807) is 6.20 Å². The zero-order valence-corrected chi connectivity index (χ0v) is 18.6. The van der Waals surface area contributed by atoms with Crippen molar-refractivity contribution in [3.05, 3.63) is 62.4 Å². The van der Waals surface area contributed by atoms with Gasteiger partial charge < -0.3 is 19.8 Å². The Kier molecular flexibility index (Phi) is 4.19. The second-order valence-corrected chi connectivity index (χ2v) is 10.1. The summed E-state index contributed by atoms with van der Waals surface area (Å²) in [4.78, 5) is 33.3. The van der Waals surface area contributed by atoms with Gasteiger partial charge >= 0.3 is 5.69 Å². The van der Waals surface area contributed by atoms with E-state index in [2.05, 4.69) is 21.4 Å². The minimum atomic E-state index is -0.375. The third-order valence-corrected chi connectivity index (χ3v) is 8.55. The van der Waals surface area contributed by atoms with Crippen LogP contribution in [-0.4, -0.2) is 33.9 Å². The Hall–Kier alpha value is -3.17. The number of nitrogens with one attached hydrogen (secondary N) is 2. The molecule has 5 heterocycles. The van der Waals surface area contributed by atoms with E-state index in [4.69, 9.17) is 9.47 Å². The lowest BCUT2D eigenvalue weighted by atomic mass is 9.73. The maximum atomic E-state index is 13.2. The number of hydrogen-bond acceptors (Lipinski definition) is 7. The second-order valence-electron chi connectivity index (χ2n) is 9.04. The Morgan fingerprint density at radius 3 is 3.09 bits per heavy atom. The molecule has 1 aliphatic carbocycles. The summed E-state index contributed by atoms with van der Waals surface area (Å²) < 4.78 is 14.1. The summed E-state index contributed by atoms with van der Waals surface area (Å²) in [6, 6.07) is 8.14. The van der Waals surface area contributed by atoms with Crippen molar-refractivity contribution in [3.63, 3.8) is 0 Å². The largest absolute Gasteiger partial charge is 0.454 e. The Balaban J connectivity index is 1.22. The summed E-state index contributed by atoms with van der Waals surface area (Å²) in [6.07, 6.45) is 4.47. The van der Waals surface area contributed by atoms with Gasteiger partial charge in [0.05, 0.1) is 10.2 Å². The molecule has 2 N–H and O–H groups in total. The van der Waals surface area contributed by atoms with Crippen LogP contribution in [0.1, 0.15) is 29.9 Å². The van der Waals surface area contributed by atoms with Crippen molar-refractivity contribution < 1.29 is 9.47 Å². The van der Waals surface area contributed by atoms with E-state index in [1.807, 2.05) is 18.2 Å². The topological polar surface area (TPSA) is 98.2 Å². The average Bonchev–Trinajstić information content (AvgIpc) is 3.55. The van der Waals surface area contributed by atoms with Crippen LogP contribution in [0.25, 0.3) is 20.4 Å². The summed E-state index contributed by atoms with van der Waals surface area (Å²) in [6.45, 7) is 1.60. The van der Waals surface area contributed by atoms with Crippen LogP contribution in [0.3, 0.4) is 0 Å². The summed E-state index contributed by atoms with van der Waals surface area (Å²) in [7, 11) is 0. The fourth-order valence-electron chi connectivity index (χ4n) is 5.92. The molecule has 0 amide bonds. The van der Waals surface area contributed by atoms with Crippen LogP contribution >= 0.6 is 11.3 Å². The quantitative estimate of drug-likeness (QED) is 0.486. The summed E-state index contributed by atoms with van der Waals surface area (Å²) >= 11 is 1.38. The van der Waals surface area contributed by atoms with Gasteiger partial charge in [0, 0.05) is 30.3 Å². The lowest BCUT2D eigenvalue weighted by Gasteiger charge is -2.31. The molecule has 3 aromatic heterocycles. The van der Waals surface area contributed by atoms with E-state index in [-0.39, 0.29) is 24.1 Å². The predicted molar refractivity (Wildman–Crippen MR) is 126 cm³/mol. The number of thiophene rings is 1. The van der Waals surface area contributed by atoms with Crippen molar-refractivity contribution in [1.82, 2.24) is 19.9 Å². The van der Waals surface area contributed by atoms with Crippen LogP contribution in [0.5, 0.6) is 11.5 Å². The Morgan fingerprint density at radius 1 is 1.21 bits per heavy atom. The molecule has 1 unspecified atom stereocenters. The van der Waals surface area contributed by atoms with Gasteiger partial charge in [0.25, 0.3) is 5.56 Å². The summed E-state index contributed by atoms with van der Waals surface area (Å²) in [5.41, 5.74) is 3.18. The van der Waals surface area contributed by atoms with Gasteiger partial charge in [-0.1, -0.05) is 6.07 Å². The van der Waals surface area contributed by atoms with Gasteiger partial charge in [0.2, 0.25) is 6.79 Å². The van der Waals surface area contributed by atoms with Crippen LogP contribution in [0.2, 0.25) is 0 Å². The molecule has 0 bridgehead atoms. The molecule has 0 saturated carbocycles. The highest BCUT2D eigenvalue weighted by Crippen LogP contribution is 2.49. The van der Waals surface area contributed by atoms with Gasteiger partial charge in [0.1, 0.15) is 10.2 Å². The lowest BCUT2D eigenvalue weighted by Crippen LogP contribution is -2.37. The number of fused-ring (bicyclic) bond motifs is 8. The number of H-pyrrole nitrogens is 1. The highest BCUT2D eigenvalue weighted by molar-refractivity contribution is 7.25. The van der Waals surface area contributed by atoms with Gasteiger partial charge in [-0.05, 0) is 55.5 Å².